The van der Waals surface area contributed by atoms with Crippen molar-refractivity contribution in [2.75, 3.05) is 0 Å². The molecular formula is C15H17NO2. The van der Waals surface area contributed by atoms with Crippen LogP contribution in [-0.4, -0.2) is 10.1 Å². The van der Waals surface area contributed by atoms with E-state index in [9.17, 15) is 0 Å². The molecule has 0 aliphatic carbocycles. The van der Waals surface area contributed by atoms with Crippen LogP contribution in [0.2, 0.25) is 0 Å². The van der Waals surface area contributed by atoms with Crippen LogP contribution in [0.5, 0.6) is 11.6 Å². The molecule has 1 aromatic heterocycles. The lowest BCUT2D eigenvalue weighted by Crippen LogP contribution is -1.94. The molecule has 3 nitrogen and oxygen atoms in total. The van der Waals surface area contributed by atoms with E-state index >= 15 is 0 Å². The Morgan fingerprint density at radius 2 is 1.83 bits per heavy atom. The lowest BCUT2D eigenvalue weighted by Gasteiger charge is -2.10. The number of hydrogen-bond acceptors (Lipinski definition) is 3. The molecule has 1 heterocycles. The average Bonchev–Trinajstić information content (AvgIpc) is 2.36. The number of nitrogens with zero attached hydrogens (tertiary/aromatic N) is 1. The highest BCUT2D eigenvalue weighted by atomic mass is 16.5. The minimum atomic E-state index is -0.00222. The van der Waals surface area contributed by atoms with Gasteiger partial charge >= 0.3 is 0 Å². The van der Waals surface area contributed by atoms with Gasteiger partial charge in [0.1, 0.15) is 5.75 Å². The van der Waals surface area contributed by atoms with Crippen LogP contribution >= 0.6 is 0 Å². The van der Waals surface area contributed by atoms with Gasteiger partial charge in [0.05, 0.1) is 6.61 Å². The lowest BCUT2D eigenvalue weighted by molar-refractivity contribution is 0.281. The SMILES string of the molecule is Cc1ccc(Oc2ncc(CO)cc2C)cc1C. The van der Waals surface area contributed by atoms with E-state index in [4.69, 9.17) is 9.84 Å². The number of rotatable bonds is 3. The van der Waals surface area contributed by atoms with E-state index in [0.717, 1.165) is 16.9 Å². The van der Waals surface area contributed by atoms with E-state index < -0.39 is 0 Å². The number of aryl methyl sites for hydroxylation is 3. The Morgan fingerprint density at radius 3 is 2.44 bits per heavy atom. The van der Waals surface area contributed by atoms with Crippen molar-refractivity contribution in [3.8, 4) is 11.6 Å². The Kier molecular flexibility index (Phi) is 3.63. The van der Waals surface area contributed by atoms with Crippen molar-refractivity contribution in [1.29, 1.82) is 0 Å². The predicted octanol–water partition coefficient (Wildman–Crippen LogP) is 3.29. The molecule has 1 aromatic carbocycles. The van der Waals surface area contributed by atoms with Crippen LogP contribution in [0.3, 0.4) is 0 Å². The molecule has 0 unspecified atom stereocenters. The number of benzene rings is 1. The van der Waals surface area contributed by atoms with Crippen molar-refractivity contribution in [1.82, 2.24) is 4.98 Å². The van der Waals surface area contributed by atoms with Crippen LogP contribution in [0.1, 0.15) is 22.3 Å². The van der Waals surface area contributed by atoms with E-state index in [-0.39, 0.29) is 6.61 Å². The first-order valence-electron chi connectivity index (χ1n) is 5.91. The van der Waals surface area contributed by atoms with E-state index in [2.05, 4.69) is 18.8 Å². The minimum Gasteiger partial charge on any atom is -0.439 e. The molecule has 0 amide bonds. The first kappa shape index (κ1) is 12.6. The van der Waals surface area contributed by atoms with Crippen molar-refractivity contribution in [2.45, 2.75) is 27.4 Å². The van der Waals surface area contributed by atoms with Crippen LogP contribution in [-0.2, 0) is 6.61 Å². The Balaban J connectivity index is 2.25. The zero-order valence-corrected chi connectivity index (χ0v) is 10.9. The number of ether oxygens (including phenoxy) is 1. The summed E-state index contributed by atoms with van der Waals surface area (Å²) in [6.07, 6.45) is 1.63. The molecule has 0 bridgehead atoms. The summed E-state index contributed by atoms with van der Waals surface area (Å²) >= 11 is 0. The van der Waals surface area contributed by atoms with E-state index in [1.54, 1.807) is 6.20 Å². The van der Waals surface area contributed by atoms with Gasteiger partial charge in [0.2, 0.25) is 5.88 Å². The monoisotopic (exact) mass is 243 g/mol. The number of hydrogen-bond donors (Lipinski definition) is 1. The zero-order chi connectivity index (χ0) is 13.1. The highest BCUT2D eigenvalue weighted by molar-refractivity contribution is 5.38. The molecule has 0 aliphatic rings. The molecule has 18 heavy (non-hydrogen) atoms. The Hall–Kier alpha value is -1.87. The summed E-state index contributed by atoms with van der Waals surface area (Å²) in [5.74, 6) is 1.36. The summed E-state index contributed by atoms with van der Waals surface area (Å²) < 4.78 is 5.75. The van der Waals surface area contributed by atoms with Crippen LogP contribution in [0.25, 0.3) is 0 Å². The first-order chi connectivity index (χ1) is 8.60. The normalized spacial score (nSPS) is 10.4. The second-order valence-electron chi connectivity index (χ2n) is 4.47. The topological polar surface area (TPSA) is 42.4 Å². The van der Waals surface area contributed by atoms with Crippen LogP contribution < -0.4 is 4.74 Å². The molecule has 0 fully saturated rings. The van der Waals surface area contributed by atoms with Crippen LogP contribution in [0, 0.1) is 20.8 Å². The third kappa shape index (κ3) is 2.68. The van der Waals surface area contributed by atoms with Crippen molar-refractivity contribution in [2.24, 2.45) is 0 Å². The Bertz CT molecular complexity index is 564. The summed E-state index contributed by atoms with van der Waals surface area (Å²) in [5.41, 5.74) is 4.14. The fourth-order valence-electron chi connectivity index (χ4n) is 1.70. The molecular weight excluding hydrogens is 226 g/mol. The minimum absolute atomic E-state index is 0.00222. The van der Waals surface area contributed by atoms with Gasteiger partial charge in [-0.1, -0.05) is 6.07 Å². The maximum atomic E-state index is 9.03. The first-order valence-corrected chi connectivity index (χ1v) is 5.91. The molecule has 3 heteroatoms. The van der Waals surface area contributed by atoms with Crippen molar-refractivity contribution in [3.63, 3.8) is 0 Å². The lowest BCUT2D eigenvalue weighted by atomic mass is 10.1. The number of aliphatic hydroxyl groups is 1. The molecule has 0 saturated carbocycles. The fourth-order valence-corrected chi connectivity index (χ4v) is 1.70. The highest BCUT2D eigenvalue weighted by Crippen LogP contribution is 2.25. The molecule has 0 aliphatic heterocycles. The fraction of sp³-hybridized carbons (Fsp3) is 0.267. The van der Waals surface area contributed by atoms with Gasteiger partial charge in [-0.2, -0.15) is 0 Å². The number of aromatic nitrogens is 1. The summed E-state index contributed by atoms with van der Waals surface area (Å²) in [7, 11) is 0. The number of aliphatic hydroxyl groups excluding tert-OH is 1. The molecule has 2 rings (SSSR count). The van der Waals surface area contributed by atoms with E-state index in [1.165, 1.54) is 11.1 Å². The third-order valence-corrected chi connectivity index (χ3v) is 2.96. The van der Waals surface area contributed by atoms with E-state index in [1.807, 2.05) is 31.2 Å². The van der Waals surface area contributed by atoms with Gasteiger partial charge < -0.3 is 9.84 Å². The van der Waals surface area contributed by atoms with Crippen LogP contribution in [0.4, 0.5) is 0 Å². The van der Waals surface area contributed by atoms with Crippen molar-refractivity contribution >= 4 is 0 Å². The molecule has 94 valence electrons. The van der Waals surface area contributed by atoms with E-state index in [0.29, 0.717) is 5.88 Å². The summed E-state index contributed by atoms with van der Waals surface area (Å²) in [5, 5.41) is 9.03. The maximum Gasteiger partial charge on any atom is 0.222 e. The molecule has 0 atom stereocenters. The molecule has 0 saturated heterocycles. The molecule has 0 spiro atoms. The van der Waals surface area contributed by atoms with Gasteiger partial charge in [-0.25, -0.2) is 4.98 Å². The van der Waals surface area contributed by atoms with Gasteiger partial charge in [0, 0.05) is 11.8 Å². The van der Waals surface area contributed by atoms with Crippen molar-refractivity contribution in [3.05, 3.63) is 52.7 Å². The Labute approximate surface area is 107 Å². The van der Waals surface area contributed by atoms with Gasteiger partial charge in [-0.3, -0.25) is 0 Å². The summed E-state index contributed by atoms with van der Waals surface area (Å²) in [6, 6.07) is 7.84. The maximum absolute atomic E-state index is 9.03. The second kappa shape index (κ2) is 5.19. The second-order valence-corrected chi connectivity index (χ2v) is 4.47. The predicted molar refractivity (Wildman–Crippen MR) is 70.9 cm³/mol. The highest BCUT2D eigenvalue weighted by Gasteiger charge is 2.05. The van der Waals surface area contributed by atoms with Gasteiger partial charge in [0.25, 0.3) is 0 Å². The third-order valence-electron chi connectivity index (χ3n) is 2.96. The van der Waals surface area contributed by atoms with Gasteiger partial charge in [-0.15, -0.1) is 0 Å². The standard InChI is InChI=1S/C15H17NO2/c1-10-4-5-14(7-11(10)2)18-15-12(3)6-13(9-17)8-16-15/h4-8,17H,9H2,1-3H3. The quantitative estimate of drug-likeness (QED) is 0.899. The van der Waals surface area contributed by atoms with Crippen LogP contribution in [0.15, 0.2) is 30.5 Å². The summed E-state index contributed by atoms with van der Waals surface area (Å²) in [4.78, 5) is 4.21. The Morgan fingerprint density at radius 1 is 1.06 bits per heavy atom. The smallest absolute Gasteiger partial charge is 0.222 e. The summed E-state index contributed by atoms with van der Waals surface area (Å²) in [6.45, 7) is 6.04. The van der Waals surface area contributed by atoms with Gasteiger partial charge in [0.15, 0.2) is 0 Å². The van der Waals surface area contributed by atoms with Gasteiger partial charge in [-0.05, 0) is 55.7 Å². The molecule has 0 radical (unpaired) electrons. The number of pyridine rings is 1. The zero-order valence-electron chi connectivity index (χ0n) is 10.9. The molecule has 1 N–H and O–H groups in total. The largest absolute Gasteiger partial charge is 0.439 e. The average molecular weight is 243 g/mol. The molecule has 2 aromatic rings. The van der Waals surface area contributed by atoms with Crippen molar-refractivity contribution < 1.29 is 9.84 Å².